The van der Waals surface area contributed by atoms with E-state index < -0.39 is 0 Å². The lowest BCUT2D eigenvalue weighted by atomic mass is 10.0. The van der Waals surface area contributed by atoms with Gasteiger partial charge in [-0.2, -0.15) is 0 Å². The lowest BCUT2D eigenvalue weighted by molar-refractivity contribution is 0.103. The summed E-state index contributed by atoms with van der Waals surface area (Å²) in [5, 5.41) is 0. The number of hydrogen-bond donors (Lipinski definition) is 0. The number of hydrogen-bond acceptors (Lipinski definition) is 2. The first-order valence-electron chi connectivity index (χ1n) is 7.36. The van der Waals surface area contributed by atoms with Crippen molar-refractivity contribution in [2.24, 2.45) is 0 Å². The molecule has 0 spiro atoms. The van der Waals surface area contributed by atoms with Crippen LogP contribution in [0.1, 0.15) is 21.5 Å². The number of benzene rings is 3. The molecule has 0 aromatic heterocycles. The van der Waals surface area contributed by atoms with Crippen LogP contribution in [-0.2, 0) is 0 Å². The van der Waals surface area contributed by atoms with Gasteiger partial charge in [-0.3, -0.25) is 4.79 Å². The molecule has 3 rings (SSSR count). The molecule has 0 aliphatic carbocycles. The van der Waals surface area contributed by atoms with Gasteiger partial charge in [0.25, 0.3) is 0 Å². The van der Waals surface area contributed by atoms with Crippen LogP contribution in [0.15, 0.2) is 95.2 Å². The predicted molar refractivity (Wildman–Crippen MR) is 97.0 cm³/mol. The lowest BCUT2D eigenvalue weighted by Gasteiger charge is -2.05. The summed E-state index contributed by atoms with van der Waals surface area (Å²) in [5.74, 6) is 0.0388. The minimum Gasteiger partial charge on any atom is -0.289 e. The number of carbonyl (C=O) groups is 1. The molecule has 0 atom stereocenters. The van der Waals surface area contributed by atoms with Gasteiger partial charge in [0.05, 0.1) is 0 Å². The SMILES string of the molecule is C=Cc1ccc(C(=O)c2ccc(Sc3ccccc3)cc2)cc1. The molecule has 0 unspecified atom stereocenters. The third kappa shape index (κ3) is 3.79. The van der Waals surface area contributed by atoms with Crippen LogP contribution in [0, 0.1) is 0 Å². The summed E-state index contributed by atoms with van der Waals surface area (Å²) in [4.78, 5) is 14.8. The standard InChI is InChI=1S/C21H16OS/c1-2-16-8-10-17(11-9-16)21(22)18-12-14-20(15-13-18)23-19-6-4-3-5-7-19/h2-15H,1H2. The minimum atomic E-state index is 0.0388. The van der Waals surface area contributed by atoms with Gasteiger partial charge in [0.1, 0.15) is 0 Å². The second kappa shape index (κ2) is 7.12. The zero-order valence-electron chi connectivity index (χ0n) is 12.6. The van der Waals surface area contributed by atoms with E-state index in [1.54, 1.807) is 17.8 Å². The van der Waals surface area contributed by atoms with E-state index in [0.717, 1.165) is 10.5 Å². The summed E-state index contributed by atoms with van der Waals surface area (Å²) in [5.41, 5.74) is 2.41. The van der Waals surface area contributed by atoms with E-state index in [-0.39, 0.29) is 5.78 Å². The van der Waals surface area contributed by atoms with Crippen molar-refractivity contribution in [3.63, 3.8) is 0 Å². The van der Waals surface area contributed by atoms with Gasteiger partial charge in [0.15, 0.2) is 5.78 Å². The number of ketones is 1. The number of rotatable bonds is 5. The van der Waals surface area contributed by atoms with Gasteiger partial charge in [-0.25, -0.2) is 0 Å². The van der Waals surface area contributed by atoms with E-state index >= 15 is 0 Å². The molecule has 0 aliphatic rings. The summed E-state index contributed by atoms with van der Waals surface area (Å²) in [6.07, 6.45) is 1.77. The molecule has 1 nitrogen and oxygen atoms in total. The van der Waals surface area contributed by atoms with Crippen molar-refractivity contribution in [3.05, 3.63) is 102 Å². The summed E-state index contributed by atoms with van der Waals surface area (Å²) in [7, 11) is 0. The fourth-order valence-electron chi connectivity index (χ4n) is 2.24. The van der Waals surface area contributed by atoms with Crippen molar-refractivity contribution < 1.29 is 4.79 Å². The molecule has 23 heavy (non-hydrogen) atoms. The van der Waals surface area contributed by atoms with Gasteiger partial charge in [-0.05, 0) is 42.0 Å². The summed E-state index contributed by atoms with van der Waals surface area (Å²) < 4.78 is 0. The molecule has 0 amide bonds. The molecule has 3 aromatic carbocycles. The maximum atomic E-state index is 12.5. The van der Waals surface area contributed by atoms with Gasteiger partial charge >= 0.3 is 0 Å². The maximum Gasteiger partial charge on any atom is 0.193 e. The predicted octanol–water partition coefficient (Wildman–Crippen LogP) is 5.71. The first kappa shape index (κ1) is 15.3. The molecule has 0 saturated carbocycles. The topological polar surface area (TPSA) is 17.1 Å². The fourth-order valence-corrected chi connectivity index (χ4v) is 3.07. The first-order valence-corrected chi connectivity index (χ1v) is 8.18. The highest BCUT2D eigenvalue weighted by molar-refractivity contribution is 7.99. The second-order valence-corrected chi connectivity index (χ2v) is 6.24. The van der Waals surface area contributed by atoms with Crippen molar-refractivity contribution in [1.29, 1.82) is 0 Å². The Bertz CT molecular complexity index is 803. The van der Waals surface area contributed by atoms with Crippen LogP contribution < -0.4 is 0 Å². The van der Waals surface area contributed by atoms with Gasteiger partial charge in [-0.1, -0.05) is 66.9 Å². The quantitative estimate of drug-likeness (QED) is 0.561. The zero-order chi connectivity index (χ0) is 16.1. The fraction of sp³-hybridized carbons (Fsp3) is 0. The summed E-state index contributed by atoms with van der Waals surface area (Å²) >= 11 is 1.69. The van der Waals surface area contributed by atoms with Crippen molar-refractivity contribution in [1.82, 2.24) is 0 Å². The van der Waals surface area contributed by atoms with Gasteiger partial charge in [-0.15, -0.1) is 0 Å². The van der Waals surface area contributed by atoms with Crippen LogP contribution >= 0.6 is 11.8 Å². The van der Waals surface area contributed by atoms with Crippen LogP contribution in [0.2, 0.25) is 0 Å². The van der Waals surface area contributed by atoms with E-state index in [4.69, 9.17) is 0 Å². The summed E-state index contributed by atoms with van der Waals surface area (Å²) in [6.45, 7) is 3.72. The second-order valence-electron chi connectivity index (χ2n) is 5.09. The zero-order valence-corrected chi connectivity index (χ0v) is 13.4. The molecule has 0 radical (unpaired) electrons. The Morgan fingerprint density at radius 2 is 1.26 bits per heavy atom. The van der Waals surface area contributed by atoms with Crippen LogP contribution in [0.4, 0.5) is 0 Å². The average molecular weight is 316 g/mol. The Hall–Kier alpha value is -2.58. The third-order valence-electron chi connectivity index (χ3n) is 3.50. The Morgan fingerprint density at radius 3 is 1.83 bits per heavy atom. The van der Waals surface area contributed by atoms with Gasteiger partial charge < -0.3 is 0 Å². The Morgan fingerprint density at radius 1 is 0.739 bits per heavy atom. The van der Waals surface area contributed by atoms with Crippen molar-refractivity contribution in [3.8, 4) is 0 Å². The average Bonchev–Trinajstić information content (AvgIpc) is 2.63. The third-order valence-corrected chi connectivity index (χ3v) is 4.52. The van der Waals surface area contributed by atoms with Gasteiger partial charge in [0, 0.05) is 20.9 Å². The number of carbonyl (C=O) groups excluding carboxylic acids is 1. The van der Waals surface area contributed by atoms with Crippen LogP contribution in [-0.4, -0.2) is 5.78 Å². The smallest absolute Gasteiger partial charge is 0.193 e. The largest absolute Gasteiger partial charge is 0.289 e. The van der Waals surface area contributed by atoms with E-state index in [0.29, 0.717) is 11.1 Å². The van der Waals surface area contributed by atoms with Crippen LogP contribution in [0.3, 0.4) is 0 Å². The molecule has 2 heteroatoms. The maximum absolute atomic E-state index is 12.5. The van der Waals surface area contributed by atoms with Crippen molar-refractivity contribution >= 4 is 23.6 Å². The molecule has 0 aliphatic heterocycles. The Labute approximate surface area is 140 Å². The highest BCUT2D eigenvalue weighted by atomic mass is 32.2. The van der Waals surface area contributed by atoms with Crippen LogP contribution in [0.5, 0.6) is 0 Å². The van der Waals surface area contributed by atoms with Crippen LogP contribution in [0.25, 0.3) is 6.08 Å². The molecule has 0 fully saturated rings. The van der Waals surface area contributed by atoms with E-state index in [2.05, 4.69) is 18.7 Å². The first-order chi connectivity index (χ1) is 11.3. The van der Waals surface area contributed by atoms with Crippen molar-refractivity contribution in [2.45, 2.75) is 9.79 Å². The lowest BCUT2D eigenvalue weighted by Crippen LogP contribution is -2.00. The molecule has 0 heterocycles. The molecule has 0 bridgehead atoms. The molecule has 112 valence electrons. The van der Waals surface area contributed by atoms with E-state index in [9.17, 15) is 4.79 Å². The highest BCUT2D eigenvalue weighted by Gasteiger charge is 2.08. The monoisotopic (exact) mass is 316 g/mol. The Balaban J connectivity index is 1.75. The molecular weight excluding hydrogens is 300 g/mol. The minimum absolute atomic E-state index is 0.0388. The molecule has 0 saturated heterocycles. The van der Waals surface area contributed by atoms with E-state index in [1.165, 1.54) is 4.90 Å². The van der Waals surface area contributed by atoms with Gasteiger partial charge in [0.2, 0.25) is 0 Å². The molecule has 3 aromatic rings. The van der Waals surface area contributed by atoms with Crippen molar-refractivity contribution in [2.75, 3.05) is 0 Å². The Kier molecular flexibility index (Phi) is 4.74. The summed E-state index contributed by atoms with van der Waals surface area (Å²) in [6, 6.07) is 25.4. The molecular formula is C21H16OS. The highest BCUT2D eigenvalue weighted by Crippen LogP contribution is 2.27. The van der Waals surface area contributed by atoms with E-state index in [1.807, 2.05) is 66.7 Å². The molecule has 0 N–H and O–H groups in total. The normalized spacial score (nSPS) is 10.3.